The maximum absolute atomic E-state index is 5.22. The first-order chi connectivity index (χ1) is 7.00. The SMILES string of the molecule is Cc1cc(C)c(CNN=C(N)N)c(C)c1. The van der Waals surface area contributed by atoms with Crippen molar-refractivity contribution in [1.29, 1.82) is 0 Å². The number of nitrogens with one attached hydrogen (secondary N) is 1. The van der Waals surface area contributed by atoms with Crippen molar-refractivity contribution in [2.45, 2.75) is 27.3 Å². The Balaban J connectivity index is 2.81. The number of guanidine groups is 1. The summed E-state index contributed by atoms with van der Waals surface area (Å²) < 4.78 is 0. The molecule has 0 bridgehead atoms. The number of aryl methyl sites for hydroxylation is 3. The maximum atomic E-state index is 5.22. The molecule has 0 aliphatic carbocycles. The predicted molar refractivity (Wildman–Crippen MR) is 63.3 cm³/mol. The highest BCUT2D eigenvalue weighted by Crippen LogP contribution is 2.15. The van der Waals surface area contributed by atoms with Crippen molar-refractivity contribution >= 4 is 5.96 Å². The van der Waals surface area contributed by atoms with Crippen molar-refractivity contribution in [2.24, 2.45) is 16.6 Å². The van der Waals surface area contributed by atoms with E-state index in [0.29, 0.717) is 6.54 Å². The molecule has 0 unspecified atom stereocenters. The Kier molecular flexibility index (Phi) is 3.55. The van der Waals surface area contributed by atoms with Crippen LogP contribution in [-0.2, 0) is 6.54 Å². The summed E-state index contributed by atoms with van der Waals surface area (Å²) in [5, 5.41) is 3.75. The third-order valence-corrected chi connectivity index (χ3v) is 2.30. The van der Waals surface area contributed by atoms with Gasteiger partial charge in [-0.25, -0.2) is 0 Å². The largest absolute Gasteiger partial charge is 0.369 e. The number of rotatable bonds is 3. The number of hydrogen-bond acceptors (Lipinski definition) is 2. The van der Waals surface area contributed by atoms with Gasteiger partial charge in [0.25, 0.3) is 0 Å². The topological polar surface area (TPSA) is 76.4 Å². The molecule has 1 aromatic rings. The van der Waals surface area contributed by atoms with Crippen molar-refractivity contribution in [1.82, 2.24) is 5.43 Å². The van der Waals surface area contributed by atoms with Crippen molar-refractivity contribution in [3.05, 3.63) is 34.4 Å². The first kappa shape index (κ1) is 11.4. The molecule has 0 saturated carbocycles. The zero-order chi connectivity index (χ0) is 11.4. The lowest BCUT2D eigenvalue weighted by Gasteiger charge is -2.10. The number of hydrogen-bond donors (Lipinski definition) is 3. The van der Waals surface area contributed by atoms with Crippen molar-refractivity contribution in [3.8, 4) is 0 Å². The first-order valence-electron chi connectivity index (χ1n) is 4.89. The molecule has 15 heavy (non-hydrogen) atoms. The lowest BCUT2D eigenvalue weighted by Crippen LogP contribution is -2.26. The zero-order valence-electron chi connectivity index (χ0n) is 9.46. The van der Waals surface area contributed by atoms with Gasteiger partial charge in [0.15, 0.2) is 0 Å². The third kappa shape index (κ3) is 3.16. The molecule has 1 aromatic carbocycles. The molecule has 0 aromatic heterocycles. The molecule has 0 radical (unpaired) electrons. The van der Waals surface area contributed by atoms with Crippen molar-refractivity contribution in [2.75, 3.05) is 0 Å². The standard InChI is InChI=1S/C11H18N4/c1-7-4-8(2)10(9(3)5-7)6-14-15-11(12)13/h4-5,14H,6H2,1-3H3,(H4,12,13,15). The minimum absolute atomic E-state index is 0.0532. The maximum Gasteiger partial charge on any atom is 0.208 e. The fourth-order valence-corrected chi connectivity index (χ4v) is 1.70. The Morgan fingerprint density at radius 2 is 1.73 bits per heavy atom. The molecule has 0 fully saturated rings. The van der Waals surface area contributed by atoms with E-state index in [1.807, 2.05) is 0 Å². The minimum Gasteiger partial charge on any atom is -0.369 e. The van der Waals surface area contributed by atoms with Crippen LogP contribution < -0.4 is 16.9 Å². The van der Waals surface area contributed by atoms with Gasteiger partial charge in [0.05, 0.1) is 6.54 Å². The molecule has 1 rings (SSSR count). The van der Waals surface area contributed by atoms with Gasteiger partial charge < -0.3 is 16.9 Å². The minimum atomic E-state index is 0.0532. The monoisotopic (exact) mass is 206 g/mol. The highest BCUT2D eigenvalue weighted by atomic mass is 15.3. The average molecular weight is 206 g/mol. The van der Waals surface area contributed by atoms with Crippen LogP contribution in [0.4, 0.5) is 0 Å². The van der Waals surface area contributed by atoms with Crippen LogP contribution in [0, 0.1) is 20.8 Å². The number of nitrogens with two attached hydrogens (primary N) is 2. The van der Waals surface area contributed by atoms with Gasteiger partial charge in [-0.3, -0.25) is 0 Å². The average Bonchev–Trinajstić information content (AvgIpc) is 2.08. The fraction of sp³-hybridized carbons (Fsp3) is 0.364. The predicted octanol–water partition coefficient (Wildman–Crippen LogP) is 0.890. The Morgan fingerprint density at radius 3 is 2.20 bits per heavy atom. The number of benzene rings is 1. The van der Waals surface area contributed by atoms with E-state index in [-0.39, 0.29) is 5.96 Å². The Bertz CT molecular complexity index is 355. The molecule has 0 spiro atoms. The molecule has 0 saturated heterocycles. The normalized spacial score (nSPS) is 9.80. The molecule has 0 aliphatic rings. The molecule has 5 N–H and O–H groups in total. The van der Waals surface area contributed by atoms with Gasteiger partial charge in [-0.15, -0.1) is 5.10 Å². The third-order valence-electron chi connectivity index (χ3n) is 2.30. The molecule has 0 heterocycles. The lowest BCUT2D eigenvalue weighted by atomic mass is 10.0. The van der Waals surface area contributed by atoms with E-state index in [1.165, 1.54) is 22.3 Å². The van der Waals surface area contributed by atoms with Crippen molar-refractivity contribution < 1.29 is 0 Å². The van der Waals surface area contributed by atoms with E-state index in [2.05, 4.69) is 43.4 Å². The van der Waals surface area contributed by atoms with E-state index in [9.17, 15) is 0 Å². The number of nitrogens with zero attached hydrogens (tertiary/aromatic N) is 1. The highest BCUT2D eigenvalue weighted by molar-refractivity contribution is 5.75. The zero-order valence-corrected chi connectivity index (χ0v) is 9.46. The van der Waals surface area contributed by atoms with Crippen LogP contribution in [0.3, 0.4) is 0 Å². The second-order valence-corrected chi connectivity index (χ2v) is 3.75. The second kappa shape index (κ2) is 4.68. The molecule has 0 amide bonds. The Labute approximate surface area is 90.4 Å². The van der Waals surface area contributed by atoms with E-state index < -0.39 is 0 Å². The van der Waals surface area contributed by atoms with Gasteiger partial charge in [0.1, 0.15) is 0 Å². The van der Waals surface area contributed by atoms with E-state index in [1.54, 1.807) is 0 Å². The smallest absolute Gasteiger partial charge is 0.208 e. The summed E-state index contributed by atoms with van der Waals surface area (Å²) in [7, 11) is 0. The summed E-state index contributed by atoms with van der Waals surface area (Å²) in [5.74, 6) is 0.0532. The summed E-state index contributed by atoms with van der Waals surface area (Å²) in [5.41, 5.74) is 18.3. The molecule has 0 aliphatic heterocycles. The summed E-state index contributed by atoms with van der Waals surface area (Å²) in [4.78, 5) is 0. The van der Waals surface area contributed by atoms with Gasteiger partial charge >= 0.3 is 0 Å². The van der Waals surface area contributed by atoms with Gasteiger partial charge in [-0.2, -0.15) is 0 Å². The van der Waals surface area contributed by atoms with Crippen LogP contribution in [0.5, 0.6) is 0 Å². The van der Waals surface area contributed by atoms with Gasteiger partial charge in [0.2, 0.25) is 5.96 Å². The van der Waals surface area contributed by atoms with Gasteiger partial charge in [-0.1, -0.05) is 17.7 Å². The number of hydrazone groups is 1. The van der Waals surface area contributed by atoms with Crippen LogP contribution >= 0.6 is 0 Å². The summed E-state index contributed by atoms with van der Waals surface area (Å²) in [6.07, 6.45) is 0. The summed E-state index contributed by atoms with van der Waals surface area (Å²) in [6, 6.07) is 4.30. The van der Waals surface area contributed by atoms with Crippen LogP contribution in [0.15, 0.2) is 17.2 Å². The van der Waals surface area contributed by atoms with Gasteiger partial charge in [-0.05, 0) is 37.5 Å². The molecular weight excluding hydrogens is 188 g/mol. The van der Waals surface area contributed by atoms with E-state index in [4.69, 9.17) is 11.5 Å². The van der Waals surface area contributed by atoms with Crippen LogP contribution in [0.25, 0.3) is 0 Å². The van der Waals surface area contributed by atoms with E-state index >= 15 is 0 Å². The Morgan fingerprint density at radius 1 is 1.20 bits per heavy atom. The van der Waals surface area contributed by atoms with Crippen molar-refractivity contribution in [3.63, 3.8) is 0 Å². The van der Waals surface area contributed by atoms with E-state index in [0.717, 1.165) is 0 Å². The molecular formula is C11H18N4. The lowest BCUT2D eigenvalue weighted by molar-refractivity contribution is 0.733. The molecule has 82 valence electrons. The second-order valence-electron chi connectivity index (χ2n) is 3.75. The van der Waals surface area contributed by atoms with Crippen LogP contribution in [-0.4, -0.2) is 5.96 Å². The summed E-state index contributed by atoms with van der Waals surface area (Å²) in [6.45, 7) is 6.92. The Hall–Kier alpha value is -1.71. The van der Waals surface area contributed by atoms with Crippen LogP contribution in [0.2, 0.25) is 0 Å². The first-order valence-corrected chi connectivity index (χ1v) is 4.89. The fourth-order valence-electron chi connectivity index (χ4n) is 1.70. The quantitative estimate of drug-likeness (QED) is 0.390. The molecule has 4 heteroatoms. The molecule has 0 atom stereocenters. The molecule has 4 nitrogen and oxygen atoms in total. The highest BCUT2D eigenvalue weighted by Gasteiger charge is 2.02. The van der Waals surface area contributed by atoms with Gasteiger partial charge in [0, 0.05) is 0 Å². The summed E-state index contributed by atoms with van der Waals surface area (Å²) >= 11 is 0. The van der Waals surface area contributed by atoms with Crippen LogP contribution in [0.1, 0.15) is 22.3 Å².